The van der Waals surface area contributed by atoms with Crippen molar-refractivity contribution in [3.63, 3.8) is 0 Å². The van der Waals surface area contributed by atoms with Gasteiger partial charge < -0.3 is 4.74 Å². The Hall–Kier alpha value is -2.74. The first-order valence-electron chi connectivity index (χ1n) is 10.8. The van der Waals surface area contributed by atoms with Gasteiger partial charge in [-0.25, -0.2) is 4.52 Å². The molecule has 3 heterocycles. The molecule has 0 radical (unpaired) electrons. The number of piperidine rings is 1. The molecule has 1 fully saturated rings. The van der Waals surface area contributed by atoms with E-state index in [0.29, 0.717) is 27.8 Å². The molecule has 164 valence electrons. The summed E-state index contributed by atoms with van der Waals surface area (Å²) >= 11 is 7.37. The number of ether oxygens (including phenoxy) is 1. The second kappa shape index (κ2) is 9.40. The molecule has 32 heavy (non-hydrogen) atoms. The quantitative estimate of drug-likeness (QED) is 0.400. The number of hydrogen-bond donors (Lipinski definition) is 0. The molecule has 0 saturated carbocycles. The van der Waals surface area contributed by atoms with Crippen LogP contribution in [0.5, 0.6) is 5.75 Å². The molecule has 0 N–H and O–H groups in total. The summed E-state index contributed by atoms with van der Waals surface area (Å²) in [4.78, 5) is 19.7. The second-order valence-electron chi connectivity index (χ2n) is 7.86. The van der Waals surface area contributed by atoms with Crippen molar-refractivity contribution in [3.8, 4) is 28.3 Å². The smallest absolute Gasteiger partial charge is 0.300 e. The molecule has 6 nitrogen and oxygen atoms in total. The summed E-state index contributed by atoms with van der Waals surface area (Å²) in [6, 6.07) is 15.0. The third-order valence-electron chi connectivity index (χ3n) is 5.68. The summed E-state index contributed by atoms with van der Waals surface area (Å²) in [6.45, 7) is 4.01. The van der Waals surface area contributed by atoms with E-state index in [1.165, 1.54) is 43.7 Å². The van der Waals surface area contributed by atoms with Crippen LogP contribution in [0.1, 0.15) is 19.3 Å². The second-order valence-corrected chi connectivity index (χ2v) is 9.14. The summed E-state index contributed by atoms with van der Waals surface area (Å²) in [5.74, 6) is 0.852. The number of aromatic nitrogens is 3. The van der Waals surface area contributed by atoms with E-state index in [2.05, 4.69) is 15.0 Å². The lowest BCUT2D eigenvalue weighted by molar-refractivity contribution is 0.183. The molecule has 2 aromatic heterocycles. The highest BCUT2D eigenvalue weighted by molar-refractivity contribution is 7.15. The number of rotatable bonds is 6. The van der Waals surface area contributed by atoms with Gasteiger partial charge in [0.25, 0.3) is 0 Å². The largest absolute Gasteiger partial charge is 0.492 e. The number of thiazole rings is 1. The maximum atomic E-state index is 12.5. The van der Waals surface area contributed by atoms with Crippen LogP contribution in [0.25, 0.3) is 27.5 Å². The SMILES string of the molecule is O=c1nc2scc(-c3ccc(OCCN4CCCCC4)cc3)n2nc1-c1ccc(Cl)cc1. The van der Waals surface area contributed by atoms with Crippen molar-refractivity contribution >= 4 is 27.9 Å². The van der Waals surface area contributed by atoms with Gasteiger partial charge in [-0.05, 0) is 62.3 Å². The number of fused-ring (bicyclic) bond motifs is 1. The minimum Gasteiger partial charge on any atom is -0.492 e. The van der Waals surface area contributed by atoms with Gasteiger partial charge in [-0.3, -0.25) is 9.69 Å². The molecule has 0 unspecified atom stereocenters. The minimum atomic E-state index is -0.349. The van der Waals surface area contributed by atoms with Crippen LogP contribution >= 0.6 is 22.9 Å². The normalized spacial score (nSPS) is 14.7. The van der Waals surface area contributed by atoms with E-state index in [-0.39, 0.29) is 5.56 Å². The molecule has 0 aliphatic carbocycles. The third kappa shape index (κ3) is 4.55. The standard InChI is InChI=1S/C24H23ClN4O2S/c25-19-8-4-18(5-9-19)22-23(30)26-24-29(27-22)21(16-32-24)17-6-10-20(11-7-17)31-15-14-28-12-2-1-3-13-28/h4-11,16H,1-3,12-15H2. The van der Waals surface area contributed by atoms with Gasteiger partial charge in [0.2, 0.25) is 4.96 Å². The fourth-order valence-corrected chi connectivity index (χ4v) is 4.89. The number of benzene rings is 2. The topological polar surface area (TPSA) is 59.7 Å². The van der Waals surface area contributed by atoms with E-state index in [1.807, 2.05) is 29.6 Å². The Bertz CT molecular complexity index is 1260. The molecule has 1 saturated heterocycles. The molecule has 0 bridgehead atoms. The van der Waals surface area contributed by atoms with Crippen LogP contribution in [0.15, 0.2) is 58.7 Å². The molecule has 8 heteroatoms. The van der Waals surface area contributed by atoms with Gasteiger partial charge in [-0.2, -0.15) is 10.1 Å². The maximum Gasteiger partial charge on any atom is 0.300 e. The highest BCUT2D eigenvalue weighted by Gasteiger charge is 2.14. The summed E-state index contributed by atoms with van der Waals surface area (Å²) in [7, 11) is 0. The van der Waals surface area contributed by atoms with E-state index in [9.17, 15) is 4.79 Å². The summed E-state index contributed by atoms with van der Waals surface area (Å²) in [6.07, 6.45) is 3.92. The lowest BCUT2D eigenvalue weighted by Gasteiger charge is -2.26. The highest BCUT2D eigenvalue weighted by atomic mass is 35.5. The summed E-state index contributed by atoms with van der Waals surface area (Å²) in [5, 5.41) is 7.18. The molecule has 5 rings (SSSR count). The number of halogens is 1. The fraction of sp³-hybridized carbons (Fsp3) is 0.292. The highest BCUT2D eigenvalue weighted by Crippen LogP contribution is 2.27. The molecule has 1 aliphatic rings. The van der Waals surface area contributed by atoms with E-state index < -0.39 is 0 Å². The van der Waals surface area contributed by atoms with Crippen molar-refractivity contribution in [1.82, 2.24) is 19.5 Å². The molecule has 1 aliphatic heterocycles. The van der Waals surface area contributed by atoms with Crippen molar-refractivity contribution in [2.24, 2.45) is 0 Å². The molecule has 2 aromatic carbocycles. The van der Waals surface area contributed by atoms with Gasteiger partial charge in [0.1, 0.15) is 12.4 Å². The van der Waals surface area contributed by atoms with Gasteiger partial charge in [0, 0.05) is 28.1 Å². The van der Waals surface area contributed by atoms with Gasteiger partial charge in [-0.15, -0.1) is 11.3 Å². The van der Waals surface area contributed by atoms with Crippen molar-refractivity contribution in [2.45, 2.75) is 19.3 Å². The predicted molar refractivity (Wildman–Crippen MR) is 129 cm³/mol. The Labute approximate surface area is 195 Å². The lowest BCUT2D eigenvalue weighted by Crippen LogP contribution is -2.33. The number of likely N-dealkylation sites (tertiary alicyclic amines) is 1. The summed E-state index contributed by atoms with van der Waals surface area (Å²) < 4.78 is 7.67. The van der Waals surface area contributed by atoms with Crippen LogP contribution in [0.2, 0.25) is 5.02 Å². The van der Waals surface area contributed by atoms with E-state index in [1.54, 1.807) is 28.8 Å². The number of nitrogens with zero attached hydrogens (tertiary/aromatic N) is 4. The van der Waals surface area contributed by atoms with Crippen molar-refractivity contribution in [3.05, 3.63) is 69.3 Å². The molecular weight excluding hydrogens is 444 g/mol. The molecular formula is C24H23ClN4O2S. The van der Waals surface area contributed by atoms with Gasteiger partial charge in [-0.1, -0.05) is 30.2 Å². The molecule has 0 spiro atoms. The monoisotopic (exact) mass is 466 g/mol. The zero-order valence-electron chi connectivity index (χ0n) is 17.5. The summed E-state index contributed by atoms with van der Waals surface area (Å²) in [5.41, 5.74) is 2.51. The zero-order chi connectivity index (χ0) is 21.9. The van der Waals surface area contributed by atoms with Crippen molar-refractivity contribution < 1.29 is 4.74 Å². The van der Waals surface area contributed by atoms with Crippen molar-refractivity contribution in [1.29, 1.82) is 0 Å². The first-order valence-corrected chi connectivity index (χ1v) is 12.0. The van der Waals surface area contributed by atoms with Gasteiger partial charge >= 0.3 is 5.56 Å². The van der Waals surface area contributed by atoms with Crippen LogP contribution in [0.3, 0.4) is 0 Å². The minimum absolute atomic E-state index is 0.302. The van der Waals surface area contributed by atoms with Crippen LogP contribution < -0.4 is 10.3 Å². The molecule has 0 amide bonds. The van der Waals surface area contributed by atoms with Crippen LogP contribution in [-0.2, 0) is 0 Å². The Morgan fingerprint density at radius 1 is 0.969 bits per heavy atom. The average molecular weight is 467 g/mol. The molecule has 4 aromatic rings. The lowest BCUT2D eigenvalue weighted by atomic mass is 10.1. The first kappa shape index (κ1) is 21.1. The van der Waals surface area contributed by atoms with Gasteiger partial charge in [0.15, 0.2) is 5.69 Å². The fourth-order valence-electron chi connectivity index (χ4n) is 3.94. The Morgan fingerprint density at radius 2 is 1.69 bits per heavy atom. The Balaban J connectivity index is 1.35. The maximum absolute atomic E-state index is 12.5. The van der Waals surface area contributed by atoms with Crippen LogP contribution in [-0.4, -0.2) is 45.7 Å². The van der Waals surface area contributed by atoms with E-state index in [4.69, 9.17) is 16.3 Å². The van der Waals surface area contributed by atoms with Crippen LogP contribution in [0, 0.1) is 0 Å². The predicted octanol–water partition coefficient (Wildman–Crippen LogP) is 5.00. The molecule has 0 atom stereocenters. The number of hydrogen-bond acceptors (Lipinski definition) is 6. The first-order chi connectivity index (χ1) is 15.7. The van der Waals surface area contributed by atoms with E-state index in [0.717, 1.165) is 23.6 Å². The zero-order valence-corrected chi connectivity index (χ0v) is 19.1. The Kier molecular flexibility index (Phi) is 6.21. The Morgan fingerprint density at radius 3 is 2.44 bits per heavy atom. The third-order valence-corrected chi connectivity index (χ3v) is 6.75. The average Bonchev–Trinajstić information content (AvgIpc) is 3.23. The van der Waals surface area contributed by atoms with E-state index >= 15 is 0 Å². The van der Waals surface area contributed by atoms with Crippen LogP contribution in [0.4, 0.5) is 0 Å². The van der Waals surface area contributed by atoms with Crippen molar-refractivity contribution in [2.75, 3.05) is 26.2 Å². The van der Waals surface area contributed by atoms with Gasteiger partial charge in [0.05, 0.1) is 5.69 Å².